The molecule has 2 fully saturated rings. The molecular weight excluding hydrogens is 1390 g/mol. The number of nitrogens with two attached hydrogens (primary N) is 2. The van der Waals surface area contributed by atoms with Gasteiger partial charge in [-0.1, -0.05) is 71.9 Å². The third-order valence-electron chi connectivity index (χ3n) is 17.2. The number of aromatic hydroxyl groups is 1. The maximum atomic E-state index is 14.7. The molecule has 2 aliphatic heterocycles. The highest BCUT2D eigenvalue weighted by Gasteiger charge is 2.42. The number of aliphatic hydroxyl groups excluding tert-OH is 1. The molecule has 11 amide bonds. The molecule has 3 aromatic carbocycles. The predicted octanol–water partition coefficient (Wildman–Crippen LogP) is 1.77. The number of carbonyl (C=O) groups is 11. The number of nitro benzene ring substituents is 1. The molecule has 576 valence electrons. The van der Waals surface area contributed by atoms with Crippen molar-refractivity contribution in [1.82, 2.24) is 67.7 Å². The minimum absolute atomic E-state index is 0.0397. The SMILES string of the molecule is CC(C)C(=O)Nc1ccc([N+](=O)[O-])c(C(F)(F)F)c1.CCNC(=O)[C@@H]1CCCN1C(=O)[C@H](CCCN=C(N)N)NC(=O)[C@H](CC(C)C)NC(=O)[C@@H](CC(C)C)NC(=O)[C@H](Cc1ccc(O)cc1)NC(=O)[C@H](CO)NC(=O)[C@H](Cc1c[nH]c2ccccc12)NC(=O)[C@H](Cc1cnc[nH]1)NC(=O)[C@@H]1CCC(=O)N1. The van der Waals surface area contributed by atoms with Gasteiger partial charge < -0.3 is 89.7 Å². The van der Waals surface area contributed by atoms with Gasteiger partial charge in [-0.25, -0.2) is 4.98 Å². The van der Waals surface area contributed by atoms with Crippen LogP contribution in [0.25, 0.3) is 10.9 Å². The molecule has 7 rings (SSSR count). The summed E-state index contributed by atoms with van der Waals surface area (Å²) in [7, 11) is 0. The number of aliphatic imine (C=N–C) groups is 1. The van der Waals surface area contributed by atoms with Crippen molar-refractivity contribution in [3.05, 3.63) is 118 Å². The Morgan fingerprint density at radius 1 is 0.717 bits per heavy atom. The molecular formula is C70H95F3N18O15. The van der Waals surface area contributed by atoms with Crippen LogP contribution in [0.15, 0.2) is 90.4 Å². The van der Waals surface area contributed by atoms with Gasteiger partial charge in [-0.15, -0.1) is 0 Å². The van der Waals surface area contributed by atoms with Crippen LogP contribution in [-0.2, 0) is 78.2 Å². The number of nitro groups is 1. The first-order valence-corrected chi connectivity index (χ1v) is 34.8. The van der Waals surface area contributed by atoms with Crippen molar-refractivity contribution >= 4 is 93.2 Å². The fourth-order valence-electron chi connectivity index (χ4n) is 11.8. The number of rotatable bonds is 35. The molecule has 0 radical (unpaired) electrons. The van der Waals surface area contributed by atoms with E-state index in [9.17, 15) is 86.2 Å². The number of likely N-dealkylation sites (tertiary alicyclic amines) is 1. The molecule has 0 aliphatic carbocycles. The number of alkyl halides is 3. The number of amides is 11. The Balaban J connectivity index is 0.000000802. The topological polar surface area (TPSA) is 504 Å². The molecule has 0 bridgehead atoms. The standard InChI is InChI=1S/C59H84N16O12.C11H11F3N2O3/c1-6-63-57(86)48-14-10-22-75(48)58(87)41(13-9-21-64-59(60)61)68-51(80)42(23-32(2)3)69-52(81)43(24-33(4)5)70-53(82)44(25-34-15-17-37(77)18-16-34)71-56(85)47(30-76)74-54(83)45(26-35-28-65-39-12-8-7-11-38(35)39)72-55(84)46(27-36-29-62-31-66-36)73-50(79)40-19-20-49(78)67-40;1-6(2)10(17)15-7-3-4-9(16(18)19)8(5-7)11(12,13)14/h7-8,11-12,15-18,28-29,31-33,40-48,65,76-77H,6,9-10,13-14,19-27,30H2,1-5H3,(H,62,66)(H,63,86)(H,67,78)(H,68,80)(H,69,81)(H,70,82)(H,71,85)(H,72,84)(H,73,79)(H,74,83)(H4,60,61,64);3-6H,1-2H3,(H,15,17)/t40-,41-,42-,43+,44-,45-,46-,47-,48-;/m0./s1. The van der Waals surface area contributed by atoms with Crippen LogP contribution in [-0.4, -0.2) is 187 Å². The summed E-state index contributed by atoms with van der Waals surface area (Å²) in [6.45, 7) is 12.0. The van der Waals surface area contributed by atoms with Gasteiger partial charge in [0.05, 0.1) is 17.9 Å². The number of likely N-dealkylation sites (N-methyl/N-ethyl adjacent to an activating group) is 1. The van der Waals surface area contributed by atoms with Crippen molar-refractivity contribution in [2.45, 2.75) is 180 Å². The lowest BCUT2D eigenvalue weighted by atomic mass is 9.98. The third-order valence-corrected chi connectivity index (χ3v) is 17.2. The number of benzene rings is 3. The number of phenolic OH excluding ortho intramolecular Hbond substituents is 1. The van der Waals surface area contributed by atoms with E-state index in [1.807, 2.05) is 19.9 Å². The van der Waals surface area contributed by atoms with Gasteiger partial charge in [0.1, 0.15) is 65.7 Å². The molecule has 9 atom stereocenters. The van der Waals surface area contributed by atoms with Gasteiger partial charge >= 0.3 is 6.18 Å². The summed E-state index contributed by atoms with van der Waals surface area (Å²) in [4.78, 5) is 176. The van der Waals surface area contributed by atoms with Crippen LogP contribution in [0, 0.1) is 27.9 Å². The zero-order chi connectivity index (χ0) is 78.1. The van der Waals surface area contributed by atoms with Gasteiger partial charge in [-0.3, -0.25) is 67.8 Å². The molecule has 2 aliphatic rings. The molecule has 33 nitrogen and oxygen atoms in total. The molecule has 2 aromatic heterocycles. The number of aromatic nitrogens is 3. The highest BCUT2D eigenvalue weighted by molar-refractivity contribution is 6.00. The fourth-order valence-corrected chi connectivity index (χ4v) is 11.8. The quantitative estimate of drug-likeness (QED) is 0.00903. The first kappa shape index (κ1) is 83.7. The van der Waals surface area contributed by atoms with Gasteiger partial charge in [0, 0.05) is 92.0 Å². The first-order valence-electron chi connectivity index (χ1n) is 34.8. The monoisotopic (exact) mass is 1480 g/mol. The molecule has 5 aromatic rings. The molecule has 0 saturated carbocycles. The largest absolute Gasteiger partial charge is 0.508 e. The number of para-hydroxylation sites is 1. The van der Waals surface area contributed by atoms with E-state index in [2.05, 4.69) is 73.1 Å². The van der Waals surface area contributed by atoms with Crippen LogP contribution < -0.4 is 64.6 Å². The molecule has 18 N–H and O–H groups in total. The molecule has 106 heavy (non-hydrogen) atoms. The predicted molar refractivity (Wildman–Crippen MR) is 382 cm³/mol. The van der Waals surface area contributed by atoms with Crippen LogP contribution >= 0.6 is 0 Å². The number of fused-ring (bicyclic) bond motifs is 1. The molecule has 2 saturated heterocycles. The van der Waals surface area contributed by atoms with Crippen molar-refractivity contribution in [3.8, 4) is 5.75 Å². The van der Waals surface area contributed by atoms with E-state index in [-0.39, 0.29) is 112 Å². The second kappa shape index (κ2) is 39.6. The normalized spacial score (nSPS) is 16.1. The Bertz CT molecular complexity index is 3920. The number of phenols is 1. The van der Waals surface area contributed by atoms with E-state index in [0.717, 1.165) is 17.6 Å². The van der Waals surface area contributed by atoms with Gasteiger partial charge in [0.25, 0.3) is 5.69 Å². The Morgan fingerprint density at radius 3 is 1.84 bits per heavy atom. The number of hydrogen-bond donors (Lipinski definition) is 16. The van der Waals surface area contributed by atoms with Crippen molar-refractivity contribution in [3.63, 3.8) is 0 Å². The lowest BCUT2D eigenvalue weighted by Gasteiger charge is -2.31. The summed E-state index contributed by atoms with van der Waals surface area (Å²) in [6, 6.07) is 3.92. The summed E-state index contributed by atoms with van der Waals surface area (Å²) in [5.74, 6) is -8.44. The van der Waals surface area contributed by atoms with Crippen LogP contribution in [0.5, 0.6) is 5.75 Å². The second-order valence-corrected chi connectivity index (χ2v) is 26.9. The molecule has 0 spiro atoms. The highest BCUT2D eigenvalue weighted by atomic mass is 19.4. The van der Waals surface area contributed by atoms with E-state index in [1.165, 1.54) is 41.7 Å². The smallest absolute Gasteiger partial charge is 0.423 e. The maximum absolute atomic E-state index is 14.7. The first-order chi connectivity index (χ1) is 50.2. The zero-order valence-electron chi connectivity index (χ0n) is 59.9. The van der Waals surface area contributed by atoms with Crippen LogP contribution in [0.3, 0.4) is 0 Å². The summed E-state index contributed by atoms with van der Waals surface area (Å²) in [6.07, 6.45) is 0.944. The molecule has 0 unspecified atom stereocenters. The van der Waals surface area contributed by atoms with Crippen molar-refractivity contribution < 1.29 is 81.0 Å². The number of anilines is 1. The maximum Gasteiger partial charge on any atom is 0.423 e. The lowest BCUT2D eigenvalue weighted by molar-refractivity contribution is -0.388. The van der Waals surface area contributed by atoms with Gasteiger partial charge in [-0.2, -0.15) is 13.2 Å². The average Bonchev–Trinajstić information content (AvgIpc) is 1.15. The Labute approximate surface area is 608 Å². The average molecular weight is 1490 g/mol. The van der Waals surface area contributed by atoms with Crippen LogP contribution in [0.2, 0.25) is 0 Å². The number of halogens is 3. The summed E-state index contributed by atoms with van der Waals surface area (Å²) in [5, 5.41) is 58.7. The van der Waals surface area contributed by atoms with E-state index < -0.39 is 142 Å². The molecule has 36 heteroatoms. The highest BCUT2D eigenvalue weighted by Crippen LogP contribution is 2.38. The van der Waals surface area contributed by atoms with Gasteiger partial charge in [-0.05, 0) is 105 Å². The summed E-state index contributed by atoms with van der Waals surface area (Å²) in [5.41, 5.74) is 10.7. The number of carbonyl (C=O) groups excluding carboxylic acids is 11. The number of aliphatic hydroxyl groups is 1. The lowest BCUT2D eigenvalue weighted by Crippen LogP contribution is -2.61. The molecule has 4 heterocycles. The number of H-pyrrole nitrogens is 2. The summed E-state index contributed by atoms with van der Waals surface area (Å²) >= 11 is 0. The fraction of sp³-hybridized carbons (Fsp3) is 0.500. The number of guanidine groups is 1. The van der Waals surface area contributed by atoms with E-state index in [1.54, 1.807) is 59.0 Å². The number of imidazole rings is 1. The van der Waals surface area contributed by atoms with Crippen molar-refractivity contribution in [2.75, 3.05) is 31.6 Å². The van der Waals surface area contributed by atoms with Gasteiger partial charge in [0.2, 0.25) is 65.0 Å². The third kappa shape index (κ3) is 25.3. The van der Waals surface area contributed by atoms with Gasteiger partial charge in [0.15, 0.2) is 5.96 Å². The van der Waals surface area contributed by atoms with Crippen LogP contribution in [0.4, 0.5) is 24.5 Å². The van der Waals surface area contributed by atoms with Crippen molar-refractivity contribution in [2.24, 2.45) is 34.2 Å². The Morgan fingerprint density at radius 2 is 1.29 bits per heavy atom. The number of hydrogen-bond acceptors (Lipinski definition) is 17. The second-order valence-electron chi connectivity index (χ2n) is 26.9. The van der Waals surface area contributed by atoms with E-state index >= 15 is 0 Å². The zero-order valence-corrected chi connectivity index (χ0v) is 59.9. The minimum atomic E-state index is -4.86. The van der Waals surface area contributed by atoms with E-state index in [0.29, 0.717) is 47.7 Å². The minimum Gasteiger partial charge on any atom is -0.508 e. The van der Waals surface area contributed by atoms with E-state index in [4.69, 9.17) is 11.5 Å². The number of aromatic amines is 2. The number of nitrogens with zero attached hydrogens (tertiary/aromatic N) is 4. The summed E-state index contributed by atoms with van der Waals surface area (Å²) < 4.78 is 38.0. The Kier molecular flexibility index (Phi) is 31.3. The Hall–Kier alpha value is -11.2. The number of nitrogens with one attached hydrogen (secondary N) is 12. The van der Waals surface area contributed by atoms with Crippen LogP contribution in [0.1, 0.15) is 122 Å². The van der Waals surface area contributed by atoms with Crippen molar-refractivity contribution in [1.29, 1.82) is 0 Å².